The van der Waals surface area contributed by atoms with E-state index in [0.29, 0.717) is 11.8 Å². The lowest BCUT2D eigenvalue weighted by atomic mass is 9.99. The normalized spacial score (nSPS) is 26.9. The molecule has 0 spiro atoms. The van der Waals surface area contributed by atoms with Gasteiger partial charge < -0.3 is 5.32 Å². The number of aromatic nitrogens is 3. The van der Waals surface area contributed by atoms with Crippen molar-refractivity contribution in [1.29, 1.82) is 0 Å². The second-order valence-corrected chi connectivity index (χ2v) is 4.77. The third-order valence-electron chi connectivity index (χ3n) is 3.42. The second-order valence-electron chi connectivity index (χ2n) is 4.77. The molecule has 1 N–H and O–H groups in total. The van der Waals surface area contributed by atoms with E-state index in [9.17, 15) is 0 Å². The van der Waals surface area contributed by atoms with Crippen LogP contribution in [-0.4, -0.2) is 27.9 Å². The molecular formula is C11H18N4. The van der Waals surface area contributed by atoms with Gasteiger partial charge in [-0.25, -0.2) is 4.98 Å². The van der Waals surface area contributed by atoms with Crippen LogP contribution in [0, 0.1) is 0 Å². The van der Waals surface area contributed by atoms with Gasteiger partial charge in [-0.3, -0.25) is 4.68 Å². The summed E-state index contributed by atoms with van der Waals surface area (Å²) in [4.78, 5) is 4.71. The van der Waals surface area contributed by atoms with Gasteiger partial charge in [-0.2, -0.15) is 5.10 Å². The van der Waals surface area contributed by atoms with Gasteiger partial charge in [-0.1, -0.05) is 0 Å². The van der Waals surface area contributed by atoms with Crippen molar-refractivity contribution < 1.29 is 0 Å². The number of aryl methyl sites for hydroxylation is 1. The van der Waals surface area contributed by atoms with Crippen molar-refractivity contribution in [1.82, 2.24) is 20.1 Å². The van der Waals surface area contributed by atoms with Gasteiger partial charge >= 0.3 is 0 Å². The molecule has 1 saturated heterocycles. The van der Waals surface area contributed by atoms with Gasteiger partial charge in [0.2, 0.25) is 0 Å². The van der Waals surface area contributed by atoms with Crippen LogP contribution in [0.25, 0.3) is 0 Å². The van der Waals surface area contributed by atoms with Gasteiger partial charge in [0.1, 0.15) is 5.82 Å². The largest absolute Gasteiger partial charge is 0.316 e. The number of rotatable bonds is 2. The Hall–Kier alpha value is -0.900. The smallest absolute Gasteiger partial charge is 0.155 e. The molecule has 1 aromatic heterocycles. The maximum absolute atomic E-state index is 4.71. The number of hydrogen-bond acceptors (Lipinski definition) is 3. The van der Waals surface area contributed by atoms with Crippen LogP contribution in [0.15, 0.2) is 0 Å². The molecule has 2 aliphatic rings. The number of nitrogens with zero attached hydrogens (tertiary/aromatic N) is 3. The lowest BCUT2D eigenvalue weighted by Crippen LogP contribution is -2.29. The maximum atomic E-state index is 4.71. The first kappa shape index (κ1) is 9.33. The van der Waals surface area contributed by atoms with Crippen LogP contribution in [-0.2, 0) is 7.05 Å². The van der Waals surface area contributed by atoms with E-state index in [4.69, 9.17) is 4.98 Å². The summed E-state index contributed by atoms with van der Waals surface area (Å²) in [5.74, 6) is 3.51. The lowest BCUT2D eigenvalue weighted by molar-refractivity contribution is 0.445. The molecule has 1 unspecified atom stereocenters. The predicted octanol–water partition coefficient (Wildman–Crippen LogP) is 1.16. The van der Waals surface area contributed by atoms with E-state index in [1.165, 1.54) is 31.5 Å². The molecule has 0 amide bonds. The van der Waals surface area contributed by atoms with Crippen molar-refractivity contribution in [3.63, 3.8) is 0 Å². The van der Waals surface area contributed by atoms with Crippen LogP contribution in [0.5, 0.6) is 0 Å². The molecule has 0 radical (unpaired) electrons. The first-order chi connectivity index (χ1) is 7.34. The first-order valence-electron chi connectivity index (χ1n) is 5.96. The van der Waals surface area contributed by atoms with Crippen molar-refractivity contribution in [2.24, 2.45) is 7.05 Å². The van der Waals surface area contributed by atoms with E-state index in [-0.39, 0.29) is 0 Å². The van der Waals surface area contributed by atoms with Crippen LogP contribution >= 0.6 is 0 Å². The van der Waals surface area contributed by atoms with Gasteiger partial charge in [-0.15, -0.1) is 0 Å². The van der Waals surface area contributed by atoms with Crippen molar-refractivity contribution in [3.8, 4) is 0 Å². The zero-order valence-corrected chi connectivity index (χ0v) is 9.24. The quantitative estimate of drug-likeness (QED) is 0.789. The van der Waals surface area contributed by atoms with Crippen molar-refractivity contribution >= 4 is 0 Å². The minimum absolute atomic E-state index is 0.539. The van der Waals surface area contributed by atoms with E-state index in [1.54, 1.807) is 0 Å². The third kappa shape index (κ3) is 1.78. The first-order valence-corrected chi connectivity index (χ1v) is 5.96. The molecular weight excluding hydrogens is 188 g/mol. The monoisotopic (exact) mass is 206 g/mol. The molecule has 4 nitrogen and oxygen atoms in total. The van der Waals surface area contributed by atoms with E-state index in [0.717, 1.165) is 18.9 Å². The second kappa shape index (κ2) is 3.59. The summed E-state index contributed by atoms with van der Waals surface area (Å²) in [5, 5.41) is 7.98. The highest BCUT2D eigenvalue weighted by Gasteiger charge is 2.30. The minimum Gasteiger partial charge on any atom is -0.316 e. The van der Waals surface area contributed by atoms with Crippen molar-refractivity contribution in [3.05, 3.63) is 11.6 Å². The fourth-order valence-electron chi connectivity index (χ4n) is 2.36. The van der Waals surface area contributed by atoms with Gasteiger partial charge in [0, 0.05) is 25.4 Å². The third-order valence-corrected chi connectivity index (χ3v) is 3.42. The average molecular weight is 206 g/mol. The van der Waals surface area contributed by atoms with E-state index in [1.807, 2.05) is 11.7 Å². The Labute approximate surface area is 90.1 Å². The van der Waals surface area contributed by atoms with Crippen LogP contribution in [0.4, 0.5) is 0 Å². The van der Waals surface area contributed by atoms with Crippen LogP contribution < -0.4 is 5.32 Å². The summed E-state index contributed by atoms with van der Waals surface area (Å²) >= 11 is 0. The van der Waals surface area contributed by atoms with E-state index < -0.39 is 0 Å². The summed E-state index contributed by atoms with van der Waals surface area (Å²) in [6.07, 6.45) is 5.09. The molecule has 2 fully saturated rings. The van der Waals surface area contributed by atoms with E-state index in [2.05, 4.69) is 10.4 Å². The lowest BCUT2D eigenvalue weighted by Gasteiger charge is -2.19. The Morgan fingerprint density at radius 1 is 1.27 bits per heavy atom. The topological polar surface area (TPSA) is 42.7 Å². The fraction of sp³-hybridized carbons (Fsp3) is 0.818. The number of hydrogen-bond donors (Lipinski definition) is 1. The predicted molar refractivity (Wildman–Crippen MR) is 57.8 cm³/mol. The molecule has 1 aromatic rings. The molecule has 15 heavy (non-hydrogen) atoms. The zero-order valence-electron chi connectivity index (χ0n) is 9.24. The molecule has 1 saturated carbocycles. The zero-order chi connectivity index (χ0) is 10.3. The molecule has 0 bridgehead atoms. The van der Waals surface area contributed by atoms with Crippen LogP contribution in [0.2, 0.25) is 0 Å². The van der Waals surface area contributed by atoms with Crippen molar-refractivity contribution in [2.45, 2.75) is 37.5 Å². The molecule has 4 heteroatoms. The number of nitrogens with one attached hydrogen (secondary N) is 1. The number of piperidine rings is 1. The van der Waals surface area contributed by atoms with Gasteiger partial charge in [0.25, 0.3) is 0 Å². The van der Waals surface area contributed by atoms with Crippen molar-refractivity contribution in [2.75, 3.05) is 13.1 Å². The standard InChI is InChI=1S/C11H18N4/c1-15-11(8-4-5-8)13-10(14-15)9-3-2-6-12-7-9/h8-9,12H,2-7H2,1H3. The summed E-state index contributed by atoms with van der Waals surface area (Å²) in [6.45, 7) is 2.20. The Kier molecular flexibility index (Phi) is 2.24. The highest BCUT2D eigenvalue weighted by molar-refractivity contribution is 5.09. The molecule has 1 aliphatic heterocycles. The molecule has 2 heterocycles. The maximum Gasteiger partial charge on any atom is 0.155 e. The Morgan fingerprint density at radius 2 is 2.13 bits per heavy atom. The SMILES string of the molecule is Cn1nc(C2CCCNC2)nc1C1CC1. The highest BCUT2D eigenvalue weighted by atomic mass is 15.3. The summed E-state index contributed by atoms with van der Waals surface area (Å²) in [5.41, 5.74) is 0. The molecule has 3 rings (SSSR count). The van der Waals surface area contributed by atoms with Crippen LogP contribution in [0.1, 0.15) is 49.2 Å². The minimum atomic E-state index is 0.539. The Bertz CT molecular complexity index is 347. The van der Waals surface area contributed by atoms with Crippen LogP contribution in [0.3, 0.4) is 0 Å². The highest BCUT2D eigenvalue weighted by Crippen LogP contribution is 2.39. The van der Waals surface area contributed by atoms with Gasteiger partial charge in [0.15, 0.2) is 5.82 Å². The summed E-state index contributed by atoms with van der Waals surface area (Å²) in [7, 11) is 2.03. The Morgan fingerprint density at radius 3 is 2.80 bits per heavy atom. The van der Waals surface area contributed by atoms with E-state index >= 15 is 0 Å². The van der Waals surface area contributed by atoms with Gasteiger partial charge in [-0.05, 0) is 32.2 Å². The Balaban J connectivity index is 1.81. The molecule has 1 atom stereocenters. The summed E-state index contributed by atoms with van der Waals surface area (Å²) in [6, 6.07) is 0. The molecule has 82 valence electrons. The average Bonchev–Trinajstić information content (AvgIpc) is 3.04. The van der Waals surface area contributed by atoms with Gasteiger partial charge in [0.05, 0.1) is 0 Å². The fourth-order valence-corrected chi connectivity index (χ4v) is 2.36. The summed E-state index contributed by atoms with van der Waals surface area (Å²) < 4.78 is 1.99. The molecule has 1 aliphatic carbocycles. The molecule has 0 aromatic carbocycles.